The lowest BCUT2D eigenvalue weighted by atomic mass is 10.1. The number of hydrogen-bond acceptors (Lipinski definition) is 7. The predicted molar refractivity (Wildman–Crippen MR) is 225 cm³/mol. The molecule has 2 unspecified atom stereocenters. The van der Waals surface area contributed by atoms with Gasteiger partial charge in [0.05, 0.1) is 13.2 Å². The number of ether oxygens (including phenoxy) is 2. The highest BCUT2D eigenvalue weighted by atomic mass is 31.2. The fourth-order valence-electron chi connectivity index (χ4n) is 4.70. The largest absolute Gasteiger partial charge is 0.472 e. The Bertz CT molecular complexity index is 1240. The van der Waals surface area contributed by atoms with Gasteiger partial charge in [-0.1, -0.05) is 130 Å². The molecule has 0 saturated heterocycles. The summed E-state index contributed by atoms with van der Waals surface area (Å²) in [4.78, 5) is 34.7. The first kappa shape index (κ1) is 50.7. The molecule has 9 heteroatoms. The quantitative estimate of drug-likeness (QED) is 0.0294. The third kappa shape index (κ3) is 38.4. The lowest BCUT2D eigenvalue weighted by molar-refractivity contribution is -0.161. The van der Waals surface area contributed by atoms with Gasteiger partial charge in [-0.25, -0.2) is 4.57 Å². The van der Waals surface area contributed by atoms with E-state index in [2.05, 4.69) is 123 Å². The second-order valence-corrected chi connectivity index (χ2v) is 14.0. The van der Waals surface area contributed by atoms with Gasteiger partial charge >= 0.3 is 19.8 Å². The van der Waals surface area contributed by atoms with Crippen molar-refractivity contribution in [2.24, 2.45) is 0 Å². The molecule has 0 aliphatic rings. The average Bonchev–Trinajstić information content (AvgIpc) is 3.15. The molecule has 0 aromatic rings. The molecule has 8 nitrogen and oxygen atoms in total. The van der Waals surface area contributed by atoms with E-state index < -0.39 is 32.5 Å². The molecule has 0 aliphatic heterocycles. The Balaban J connectivity index is 4.29. The van der Waals surface area contributed by atoms with Crippen molar-refractivity contribution in [3.05, 3.63) is 109 Å². The second-order valence-electron chi connectivity index (χ2n) is 12.5. The molecule has 0 aromatic heterocycles. The molecule has 0 rings (SSSR count). The number of carbonyl (C=O) groups excluding carboxylic acids is 2. The SMILES string of the molecule is CC/C=C\C/C=C\C/C=C\C/C=C\C/C=C\CCCCCC(=O)OC(COC(=O)CCCC/C=C\C/C=C\C/C=C\C/C=C\CC)COP(=O)(O)OCC. The lowest BCUT2D eigenvalue weighted by Gasteiger charge is -2.19. The molecule has 0 saturated carbocycles. The summed E-state index contributed by atoms with van der Waals surface area (Å²) in [5.74, 6) is -0.898. The van der Waals surface area contributed by atoms with Crippen LogP contribution in [0.1, 0.15) is 136 Å². The summed E-state index contributed by atoms with van der Waals surface area (Å²) in [6.07, 6.45) is 52.9. The minimum absolute atomic E-state index is 0.0201. The van der Waals surface area contributed by atoms with Crippen LogP contribution in [0.3, 0.4) is 0 Å². The van der Waals surface area contributed by atoms with Gasteiger partial charge in [-0.15, -0.1) is 0 Å². The number of unbranched alkanes of at least 4 members (excludes halogenated alkanes) is 5. The van der Waals surface area contributed by atoms with Crippen LogP contribution in [0.25, 0.3) is 0 Å². The Kier molecular flexibility index (Phi) is 37.0. The summed E-state index contributed by atoms with van der Waals surface area (Å²) in [5, 5.41) is 0. The van der Waals surface area contributed by atoms with Crippen LogP contribution in [-0.4, -0.2) is 42.8 Å². The summed E-state index contributed by atoms with van der Waals surface area (Å²) in [6.45, 7) is 5.12. The standard InChI is InChI=1S/C45H71O8P/c1-4-7-9-11-13-15-17-19-21-22-23-24-26-28-30-32-34-36-38-40-45(47)53-43(42-52-54(48,49)51-6-3)41-50-44(46)39-37-35-33-31-29-27-25-20-18-16-14-12-10-8-5-2/h7-10,13-16,19-21,23-25,28-31,43H,4-6,11-12,17-18,22,26-27,32-42H2,1-3H3,(H,48,49)/b9-7-,10-8-,15-13-,16-14-,21-19-,24-23-,25-20-,30-28-,31-29-. The maximum Gasteiger partial charge on any atom is 0.472 e. The van der Waals surface area contributed by atoms with Gasteiger partial charge in [0.25, 0.3) is 0 Å². The van der Waals surface area contributed by atoms with Gasteiger partial charge in [0, 0.05) is 12.8 Å². The van der Waals surface area contributed by atoms with Crippen molar-refractivity contribution < 1.29 is 37.6 Å². The normalized spacial score (nSPS) is 14.5. The maximum atomic E-state index is 12.5. The minimum atomic E-state index is -4.31. The highest BCUT2D eigenvalue weighted by Crippen LogP contribution is 2.43. The van der Waals surface area contributed by atoms with Crippen LogP contribution in [0.15, 0.2) is 109 Å². The third-order valence-electron chi connectivity index (χ3n) is 7.57. The van der Waals surface area contributed by atoms with Gasteiger partial charge in [-0.05, 0) is 103 Å². The zero-order valence-corrected chi connectivity index (χ0v) is 34.5. The van der Waals surface area contributed by atoms with E-state index in [9.17, 15) is 19.0 Å². The number of phosphoric ester groups is 1. The maximum absolute atomic E-state index is 12.5. The summed E-state index contributed by atoms with van der Waals surface area (Å²) < 4.78 is 32.5. The molecule has 0 aliphatic carbocycles. The average molecular weight is 771 g/mol. The Morgan fingerprint density at radius 3 is 1.33 bits per heavy atom. The van der Waals surface area contributed by atoms with E-state index in [1.54, 1.807) is 6.92 Å². The highest BCUT2D eigenvalue weighted by molar-refractivity contribution is 7.47. The molecule has 0 fully saturated rings. The molecule has 54 heavy (non-hydrogen) atoms. The first-order chi connectivity index (χ1) is 26.3. The molecule has 0 spiro atoms. The van der Waals surface area contributed by atoms with Gasteiger partial charge in [-0.3, -0.25) is 18.6 Å². The molecule has 0 amide bonds. The van der Waals surface area contributed by atoms with Crippen LogP contribution in [0.4, 0.5) is 0 Å². The number of hydrogen-bond donors (Lipinski definition) is 1. The summed E-state index contributed by atoms with van der Waals surface area (Å²) in [5.41, 5.74) is 0. The molecule has 2 atom stereocenters. The molecule has 0 aromatic carbocycles. The Labute approximate surface area is 328 Å². The van der Waals surface area contributed by atoms with E-state index in [-0.39, 0.29) is 26.1 Å². The topological polar surface area (TPSA) is 108 Å². The molecule has 0 radical (unpaired) electrons. The summed E-state index contributed by atoms with van der Waals surface area (Å²) >= 11 is 0. The van der Waals surface area contributed by atoms with Gasteiger partial charge in [0.15, 0.2) is 6.10 Å². The number of esters is 2. The highest BCUT2D eigenvalue weighted by Gasteiger charge is 2.25. The van der Waals surface area contributed by atoms with Crippen LogP contribution in [0, 0.1) is 0 Å². The Morgan fingerprint density at radius 1 is 0.500 bits per heavy atom. The van der Waals surface area contributed by atoms with Crippen molar-refractivity contribution in [1.82, 2.24) is 0 Å². The molecule has 0 heterocycles. The van der Waals surface area contributed by atoms with Crippen LogP contribution < -0.4 is 0 Å². The number of phosphoric acid groups is 1. The smallest absolute Gasteiger partial charge is 0.462 e. The lowest BCUT2D eigenvalue weighted by Crippen LogP contribution is -2.29. The Hall–Kier alpha value is -3.29. The zero-order chi connectivity index (χ0) is 39.6. The van der Waals surface area contributed by atoms with Crippen molar-refractivity contribution >= 4 is 19.8 Å². The van der Waals surface area contributed by atoms with Crippen molar-refractivity contribution in [2.45, 2.75) is 142 Å². The summed E-state index contributed by atoms with van der Waals surface area (Å²) in [7, 11) is -4.31. The van der Waals surface area contributed by atoms with Gasteiger partial charge < -0.3 is 14.4 Å². The Morgan fingerprint density at radius 2 is 0.889 bits per heavy atom. The van der Waals surface area contributed by atoms with E-state index in [1.807, 2.05) is 0 Å². The van der Waals surface area contributed by atoms with Crippen LogP contribution in [0.5, 0.6) is 0 Å². The van der Waals surface area contributed by atoms with Crippen LogP contribution >= 0.6 is 7.82 Å². The first-order valence-electron chi connectivity index (χ1n) is 20.2. The molecule has 0 bridgehead atoms. The van der Waals surface area contributed by atoms with Crippen molar-refractivity contribution in [3.63, 3.8) is 0 Å². The van der Waals surface area contributed by atoms with Crippen LogP contribution in [-0.2, 0) is 32.7 Å². The fraction of sp³-hybridized carbons (Fsp3) is 0.556. The first-order valence-corrected chi connectivity index (χ1v) is 21.7. The van der Waals surface area contributed by atoms with Crippen molar-refractivity contribution in [1.29, 1.82) is 0 Å². The third-order valence-corrected chi connectivity index (χ3v) is 8.63. The van der Waals surface area contributed by atoms with E-state index in [1.165, 1.54) is 0 Å². The van der Waals surface area contributed by atoms with Crippen LogP contribution in [0.2, 0.25) is 0 Å². The predicted octanol–water partition coefficient (Wildman–Crippen LogP) is 12.7. The number of allylic oxidation sites excluding steroid dienone is 18. The molecular weight excluding hydrogens is 699 g/mol. The van der Waals surface area contributed by atoms with Gasteiger partial charge in [0.2, 0.25) is 0 Å². The van der Waals surface area contributed by atoms with E-state index in [4.69, 9.17) is 18.5 Å². The van der Waals surface area contributed by atoms with E-state index in [0.29, 0.717) is 12.8 Å². The second kappa shape index (κ2) is 39.4. The number of rotatable bonds is 35. The van der Waals surface area contributed by atoms with Crippen molar-refractivity contribution in [2.75, 3.05) is 19.8 Å². The minimum Gasteiger partial charge on any atom is -0.462 e. The molecular formula is C45H71O8P. The van der Waals surface area contributed by atoms with Gasteiger partial charge in [0.1, 0.15) is 6.61 Å². The fourth-order valence-corrected chi connectivity index (χ4v) is 5.46. The monoisotopic (exact) mass is 770 g/mol. The molecule has 1 N–H and O–H groups in total. The summed E-state index contributed by atoms with van der Waals surface area (Å²) in [6, 6.07) is 0. The van der Waals surface area contributed by atoms with Gasteiger partial charge in [-0.2, -0.15) is 0 Å². The molecule has 304 valence electrons. The van der Waals surface area contributed by atoms with Crippen molar-refractivity contribution in [3.8, 4) is 0 Å². The van der Waals surface area contributed by atoms with E-state index in [0.717, 1.165) is 89.9 Å². The van der Waals surface area contributed by atoms with E-state index >= 15 is 0 Å². The zero-order valence-electron chi connectivity index (χ0n) is 33.6. The number of carbonyl (C=O) groups is 2.